The van der Waals surface area contributed by atoms with E-state index in [1.54, 1.807) is 0 Å². The van der Waals surface area contributed by atoms with Gasteiger partial charge >= 0.3 is 12.2 Å². The average molecular weight is 839 g/mol. The highest BCUT2D eigenvalue weighted by molar-refractivity contribution is 5.89. The van der Waals surface area contributed by atoms with Crippen LogP contribution in [0, 0.1) is 23.7 Å². The summed E-state index contributed by atoms with van der Waals surface area (Å²) in [6.45, 7) is 7.59. The third kappa shape index (κ3) is 6.75. The van der Waals surface area contributed by atoms with Gasteiger partial charge in [-0.1, -0.05) is 39.8 Å². The molecule has 0 bridgehead atoms. The molecule has 0 unspecified atom stereocenters. The topological polar surface area (TPSA) is 203 Å². The van der Waals surface area contributed by atoms with E-state index in [1.165, 1.54) is 14.2 Å². The number of carboxylic acid groups (broad SMARTS) is 1. The van der Waals surface area contributed by atoms with Crippen molar-refractivity contribution in [3.63, 3.8) is 0 Å². The Hall–Kier alpha value is -6.58. The zero-order valence-electron chi connectivity index (χ0n) is 35.5. The summed E-state index contributed by atoms with van der Waals surface area (Å²) < 4.78 is 4.81. The Labute approximate surface area is 357 Å². The minimum Gasteiger partial charge on any atom is -0.465 e. The van der Waals surface area contributed by atoms with Gasteiger partial charge < -0.3 is 34.9 Å². The van der Waals surface area contributed by atoms with Gasteiger partial charge in [-0.2, -0.15) is 0 Å². The Morgan fingerprint density at radius 3 is 1.65 bits per heavy atom. The predicted molar refractivity (Wildman–Crippen MR) is 230 cm³/mol. The van der Waals surface area contributed by atoms with Gasteiger partial charge in [-0.05, 0) is 97.9 Å². The van der Waals surface area contributed by atoms with E-state index in [2.05, 4.69) is 15.3 Å². The molecule has 4 fully saturated rings. The summed E-state index contributed by atoms with van der Waals surface area (Å²) >= 11 is 0. The fourth-order valence-corrected chi connectivity index (χ4v) is 10.1. The smallest absolute Gasteiger partial charge is 0.407 e. The third-order valence-corrected chi connectivity index (χ3v) is 13.5. The number of carbonyl (C=O) groups is 4. The lowest BCUT2D eigenvalue weighted by atomic mass is 10.0. The molecule has 320 valence electrons. The number of hydrogen-bond acceptors (Lipinski definition) is 9. The van der Waals surface area contributed by atoms with E-state index < -0.39 is 24.3 Å². The van der Waals surface area contributed by atoms with Crippen molar-refractivity contribution in [1.82, 2.24) is 49.9 Å². The number of alkyl carbamates (subject to hydrolysis) is 1. The highest BCUT2D eigenvalue weighted by atomic mass is 16.5. The van der Waals surface area contributed by atoms with Gasteiger partial charge in [0.15, 0.2) is 0 Å². The minimum atomic E-state index is -1.12. The summed E-state index contributed by atoms with van der Waals surface area (Å²) in [6.07, 6.45) is 1.76. The van der Waals surface area contributed by atoms with Crippen molar-refractivity contribution >= 4 is 57.1 Å². The fraction of sp³-hybridized carbons (Fsp3) is 0.435. The maximum atomic E-state index is 14.0. The molecule has 6 heterocycles. The summed E-state index contributed by atoms with van der Waals surface area (Å²) in [6, 6.07) is 18.2. The standard InChI is InChI=1S/C46H50N10O6/c1-21(2)39(53-45(59)62-6)43(57)55-35-17-25(35)19-37(55)41-49-31-9-7-23(15-33(31)51-41)27-11-13-30-29(47-27)14-12-28(48-30)24-8-10-32-34(16-24)52-42(50-32)38-20-26-18-36(26)56(38)44(58)40(22(3)4)54(5)46(60)61/h7-16,21-22,25-26,35-40H,17-20H2,1-6H3,(H,49,51)(H,50,52)(H,53,59)(H,60,61)/t25-,26+,35+,36+,37-,38-,39-,40-/m0/s1. The molecule has 2 aromatic carbocycles. The molecule has 2 saturated heterocycles. The van der Waals surface area contributed by atoms with Crippen LogP contribution in [0.3, 0.4) is 0 Å². The number of likely N-dealkylation sites (tertiary alicyclic amines) is 2. The molecule has 4 amide bonds. The van der Waals surface area contributed by atoms with Gasteiger partial charge in [0.2, 0.25) is 11.8 Å². The van der Waals surface area contributed by atoms with E-state index in [9.17, 15) is 24.3 Å². The SMILES string of the molecule is COC(=O)N[C@H](C(=O)N1[C@@H]2C[C@H]2C[C@H]1c1nc2cc(-c3ccc4nc(-c5ccc6[nH]c([C@@H]7C[C@H]8C[C@H]8N7C(=O)[C@H](C(C)C)N(C)C(=O)O)nc6c5)ccc4n3)ccc2[nH]1)C(C)C. The molecular formula is C46H50N10O6. The molecule has 8 atom stereocenters. The molecule has 2 aliphatic carbocycles. The molecule has 6 aromatic rings. The summed E-state index contributed by atoms with van der Waals surface area (Å²) in [5.74, 6) is 1.69. The normalized spacial score (nSPS) is 23.5. The molecule has 16 nitrogen and oxygen atoms in total. The number of amides is 4. The van der Waals surface area contributed by atoms with Gasteiger partial charge in [-0.3, -0.25) is 14.5 Å². The quantitative estimate of drug-likeness (QED) is 0.111. The molecule has 4 N–H and O–H groups in total. The van der Waals surface area contributed by atoms with Gasteiger partial charge in [0.1, 0.15) is 23.7 Å². The van der Waals surface area contributed by atoms with Crippen molar-refractivity contribution in [1.29, 1.82) is 0 Å². The molecule has 2 saturated carbocycles. The summed E-state index contributed by atoms with van der Waals surface area (Å²) in [5, 5.41) is 12.5. The number of methoxy groups -OCH3 is 1. The van der Waals surface area contributed by atoms with Crippen LogP contribution in [-0.4, -0.2) is 112 Å². The van der Waals surface area contributed by atoms with Gasteiger partial charge in [0.25, 0.3) is 0 Å². The third-order valence-electron chi connectivity index (χ3n) is 13.5. The zero-order chi connectivity index (χ0) is 43.3. The van der Waals surface area contributed by atoms with Crippen molar-refractivity contribution in [2.45, 2.75) is 89.6 Å². The number of piperidine rings is 2. The second-order valence-electron chi connectivity index (χ2n) is 18.2. The first kappa shape index (κ1) is 39.5. The molecule has 4 aromatic heterocycles. The van der Waals surface area contributed by atoms with Crippen LogP contribution < -0.4 is 5.32 Å². The van der Waals surface area contributed by atoms with Crippen LogP contribution in [0.1, 0.15) is 77.1 Å². The number of pyridine rings is 2. The molecule has 0 radical (unpaired) electrons. The van der Waals surface area contributed by atoms with Crippen LogP contribution >= 0.6 is 0 Å². The van der Waals surface area contributed by atoms with E-state index >= 15 is 0 Å². The fourth-order valence-electron chi connectivity index (χ4n) is 10.1. The summed E-state index contributed by atoms with van der Waals surface area (Å²) in [7, 11) is 2.76. The number of ether oxygens (including phenoxy) is 1. The number of imidazole rings is 2. The number of benzene rings is 2. The first-order chi connectivity index (χ1) is 29.8. The van der Waals surface area contributed by atoms with Gasteiger partial charge in [0, 0.05) is 30.3 Å². The largest absolute Gasteiger partial charge is 0.465 e. The average Bonchev–Trinajstić information content (AvgIpc) is 3.91. The number of aromatic nitrogens is 6. The van der Waals surface area contributed by atoms with Crippen LogP contribution in [0.2, 0.25) is 0 Å². The van der Waals surface area contributed by atoms with Gasteiger partial charge in [-0.25, -0.2) is 29.5 Å². The van der Waals surface area contributed by atoms with E-state index in [1.807, 2.05) is 98.2 Å². The number of H-pyrrole nitrogens is 2. The number of rotatable bonds is 10. The molecule has 2 aliphatic heterocycles. The van der Waals surface area contributed by atoms with Crippen LogP contribution in [-0.2, 0) is 14.3 Å². The van der Waals surface area contributed by atoms with Crippen molar-refractivity contribution in [2.24, 2.45) is 23.7 Å². The predicted octanol–water partition coefficient (Wildman–Crippen LogP) is 7.06. The molecule has 62 heavy (non-hydrogen) atoms. The van der Waals surface area contributed by atoms with E-state index in [4.69, 9.17) is 24.7 Å². The first-order valence-electron chi connectivity index (χ1n) is 21.5. The summed E-state index contributed by atoms with van der Waals surface area (Å²) in [5.41, 5.74) is 8.10. The van der Waals surface area contributed by atoms with Crippen molar-refractivity contribution in [3.05, 3.63) is 72.3 Å². The number of fused-ring (bicyclic) bond motifs is 5. The zero-order valence-corrected chi connectivity index (χ0v) is 35.5. The van der Waals surface area contributed by atoms with Crippen molar-refractivity contribution < 1.29 is 29.0 Å². The van der Waals surface area contributed by atoms with E-state index in [0.29, 0.717) is 17.7 Å². The second kappa shape index (κ2) is 14.8. The number of hydrogen-bond donors (Lipinski definition) is 4. The van der Waals surface area contributed by atoms with Crippen LogP contribution in [0.4, 0.5) is 9.59 Å². The second-order valence-corrected chi connectivity index (χ2v) is 18.2. The maximum Gasteiger partial charge on any atom is 0.407 e. The van der Waals surface area contributed by atoms with E-state index in [-0.39, 0.29) is 47.8 Å². The maximum absolute atomic E-state index is 14.0. The number of aromatic amines is 2. The number of carbonyl (C=O) groups excluding carboxylic acids is 3. The Morgan fingerprint density at radius 1 is 0.694 bits per heavy atom. The van der Waals surface area contributed by atoms with E-state index in [0.717, 1.165) is 92.0 Å². The Kier molecular flexibility index (Phi) is 9.44. The Morgan fingerprint density at radius 2 is 1.19 bits per heavy atom. The molecule has 16 heteroatoms. The molecular weight excluding hydrogens is 789 g/mol. The lowest BCUT2D eigenvalue weighted by Crippen LogP contribution is -2.52. The Balaban J connectivity index is 0.873. The highest BCUT2D eigenvalue weighted by Crippen LogP contribution is 2.55. The molecule has 10 rings (SSSR count). The molecule has 4 aliphatic rings. The lowest BCUT2D eigenvalue weighted by molar-refractivity contribution is -0.140. The van der Waals surface area contributed by atoms with Crippen molar-refractivity contribution in [2.75, 3.05) is 14.2 Å². The van der Waals surface area contributed by atoms with Gasteiger partial charge in [-0.15, -0.1) is 0 Å². The molecule has 0 spiro atoms. The van der Waals surface area contributed by atoms with Crippen LogP contribution in [0.25, 0.3) is 55.6 Å². The first-order valence-corrected chi connectivity index (χ1v) is 21.5. The van der Waals surface area contributed by atoms with Gasteiger partial charge in [0.05, 0.1) is 63.7 Å². The number of likely N-dealkylation sites (N-methyl/N-ethyl adjacent to an activating group) is 1. The van der Waals surface area contributed by atoms with Crippen LogP contribution in [0.15, 0.2) is 60.7 Å². The lowest BCUT2D eigenvalue weighted by Gasteiger charge is -2.35. The minimum absolute atomic E-state index is 0.108. The Bertz CT molecular complexity index is 2800. The summed E-state index contributed by atoms with van der Waals surface area (Å²) in [4.78, 5) is 83.6. The number of nitrogens with one attached hydrogen (secondary N) is 3. The van der Waals surface area contributed by atoms with Crippen LogP contribution in [0.5, 0.6) is 0 Å². The number of nitrogens with zero attached hydrogens (tertiary/aromatic N) is 7. The monoisotopic (exact) mass is 838 g/mol. The van der Waals surface area contributed by atoms with Crippen molar-refractivity contribution in [3.8, 4) is 22.5 Å². The highest BCUT2D eigenvalue weighted by Gasteiger charge is 2.57.